The highest BCUT2D eigenvalue weighted by Crippen LogP contribution is 2.31. The average Bonchev–Trinajstić information content (AvgIpc) is 3.49. The number of nitrogens with zero attached hydrogens (tertiary/aromatic N) is 2. The number of nitrogens with one attached hydrogen (secondary N) is 2. The number of carbonyl (C=O) groups excluding carboxylic acids is 1. The molecule has 2 heterocycles. The number of nitro benzene ring substituents is 1. The third-order valence-electron chi connectivity index (χ3n) is 5.38. The van der Waals surface area contributed by atoms with Crippen LogP contribution in [0.1, 0.15) is 35.1 Å². The van der Waals surface area contributed by atoms with Crippen molar-refractivity contribution in [3.05, 3.63) is 88.2 Å². The first-order valence-corrected chi connectivity index (χ1v) is 10.5. The molecular formula is C24H20N4O5. The number of benzene rings is 3. The Hall–Kier alpha value is -4.24. The normalized spacial score (nSPS) is 15.5. The van der Waals surface area contributed by atoms with Crippen LogP contribution in [0.25, 0.3) is 11.0 Å². The molecule has 0 radical (unpaired) electrons. The maximum absolute atomic E-state index is 13.1. The summed E-state index contributed by atoms with van der Waals surface area (Å²) in [5.41, 5.74) is 1.90. The largest absolute Gasteiger partial charge is 0.457 e. The molecule has 0 saturated carbocycles. The van der Waals surface area contributed by atoms with Gasteiger partial charge < -0.3 is 19.8 Å². The van der Waals surface area contributed by atoms with Gasteiger partial charge in [0.1, 0.15) is 23.4 Å². The van der Waals surface area contributed by atoms with Crippen molar-refractivity contribution in [2.45, 2.75) is 18.9 Å². The third-order valence-corrected chi connectivity index (χ3v) is 5.38. The Kier molecular flexibility index (Phi) is 5.45. The highest BCUT2D eigenvalue weighted by molar-refractivity contribution is 6.07. The van der Waals surface area contributed by atoms with Crippen LogP contribution in [0.15, 0.2) is 66.7 Å². The molecule has 2 N–H and O–H groups in total. The molecule has 1 saturated heterocycles. The summed E-state index contributed by atoms with van der Waals surface area (Å²) in [5.74, 6) is 0.972. The lowest BCUT2D eigenvalue weighted by atomic mass is 10.1. The van der Waals surface area contributed by atoms with Crippen molar-refractivity contribution in [3.8, 4) is 11.5 Å². The Balaban J connectivity index is 1.42. The first-order chi connectivity index (χ1) is 16.1. The minimum Gasteiger partial charge on any atom is -0.457 e. The highest BCUT2D eigenvalue weighted by Gasteiger charge is 2.22. The van der Waals surface area contributed by atoms with Crippen molar-refractivity contribution >= 4 is 28.3 Å². The zero-order chi connectivity index (χ0) is 22.8. The van der Waals surface area contributed by atoms with Gasteiger partial charge in [-0.2, -0.15) is 0 Å². The third kappa shape index (κ3) is 4.39. The van der Waals surface area contributed by atoms with Gasteiger partial charge in [0.25, 0.3) is 11.6 Å². The van der Waals surface area contributed by atoms with Crippen molar-refractivity contribution < 1.29 is 19.2 Å². The molecule has 3 aromatic carbocycles. The zero-order valence-electron chi connectivity index (χ0n) is 17.5. The van der Waals surface area contributed by atoms with Gasteiger partial charge in [-0.15, -0.1) is 0 Å². The first kappa shape index (κ1) is 20.7. The first-order valence-electron chi connectivity index (χ1n) is 10.5. The topological polar surface area (TPSA) is 119 Å². The van der Waals surface area contributed by atoms with Gasteiger partial charge in [0, 0.05) is 24.4 Å². The second-order valence-corrected chi connectivity index (χ2v) is 7.66. The molecule has 0 bridgehead atoms. The Morgan fingerprint density at radius 3 is 2.76 bits per heavy atom. The van der Waals surface area contributed by atoms with E-state index in [1.54, 1.807) is 42.5 Å². The number of imidazole rings is 1. The molecule has 33 heavy (non-hydrogen) atoms. The number of para-hydroxylation sites is 1. The fourth-order valence-corrected chi connectivity index (χ4v) is 3.76. The molecule has 1 aliphatic heterocycles. The Morgan fingerprint density at radius 1 is 1.15 bits per heavy atom. The molecule has 1 amide bonds. The molecule has 4 aromatic rings. The van der Waals surface area contributed by atoms with Crippen LogP contribution >= 0.6 is 0 Å². The molecule has 166 valence electrons. The SMILES string of the molecule is O=C(Nc1ccc2nc(C3CCCO3)[nH]c2c1)c1cc([N+](=O)[O-])ccc1Oc1ccccc1. The Morgan fingerprint density at radius 2 is 2.00 bits per heavy atom. The predicted octanol–water partition coefficient (Wildman–Crippen LogP) is 5.37. The number of hydrogen-bond donors (Lipinski definition) is 2. The van der Waals surface area contributed by atoms with Gasteiger partial charge in [-0.3, -0.25) is 14.9 Å². The summed E-state index contributed by atoms with van der Waals surface area (Å²) in [6, 6.07) is 18.1. The summed E-state index contributed by atoms with van der Waals surface area (Å²) in [7, 11) is 0. The standard InChI is InChI=1S/C24H20N4O5/c29-24(18-14-16(28(30)31)9-11-21(18)33-17-5-2-1-3-6-17)25-15-8-10-19-20(13-15)27-23(26-19)22-7-4-12-32-22/h1-3,5-6,8-11,13-14,22H,4,7,12H2,(H,25,29)(H,26,27). The summed E-state index contributed by atoms with van der Waals surface area (Å²) < 4.78 is 11.5. The number of ether oxygens (including phenoxy) is 2. The fourth-order valence-electron chi connectivity index (χ4n) is 3.76. The predicted molar refractivity (Wildman–Crippen MR) is 122 cm³/mol. The van der Waals surface area contributed by atoms with Crippen LogP contribution in [0.2, 0.25) is 0 Å². The minimum absolute atomic E-state index is 0.0435. The van der Waals surface area contributed by atoms with E-state index in [2.05, 4.69) is 15.3 Å². The summed E-state index contributed by atoms with van der Waals surface area (Å²) in [6.07, 6.45) is 1.87. The number of nitro groups is 1. The molecule has 0 spiro atoms. The molecule has 9 heteroatoms. The number of anilines is 1. The van der Waals surface area contributed by atoms with E-state index in [1.165, 1.54) is 18.2 Å². The van der Waals surface area contributed by atoms with Crippen molar-refractivity contribution in [2.75, 3.05) is 11.9 Å². The lowest BCUT2D eigenvalue weighted by Gasteiger charge is -2.11. The quantitative estimate of drug-likeness (QED) is 0.305. The monoisotopic (exact) mass is 444 g/mol. The molecule has 1 unspecified atom stereocenters. The van der Waals surface area contributed by atoms with Gasteiger partial charge in [-0.1, -0.05) is 18.2 Å². The smallest absolute Gasteiger partial charge is 0.270 e. The molecule has 1 atom stereocenters. The van der Waals surface area contributed by atoms with Crippen LogP contribution in [0.5, 0.6) is 11.5 Å². The number of aromatic nitrogens is 2. The minimum atomic E-state index is -0.549. The second-order valence-electron chi connectivity index (χ2n) is 7.66. The zero-order valence-corrected chi connectivity index (χ0v) is 17.5. The number of hydrogen-bond acceptors (Lipinski definition) is 6. The second kappa shape index (κ2) is 8.71. The van der Waals surface area contributed by atoms with Crippen LogP contribution in [0, 0.1) is 10.1 Å². The molecule has 9 nitrogen and oxygen atoms in total. The van der Waals surface area contributed by atoms with E-state index < -0.39 is 10.8 Å². The van der Waals surface area contributed by atoms with Gasteiger partial charge >= 0.3 is 0 Å². The molecule has 1 aromatic heterocycles. The van der Waals surface area contributed by atoms with Crippen LogP contribution in [-0.4, -0.2) is 27.4 Å². The number of amides is 1. The van der Waals surface area contributed by atoms with E-state index in [0.29, 0.717) is 11.4 Å². The van der Waals surface area contributed by atoms with Crippen LogP contribution in [0.3, 0.4) is 0 Å². The van der Waals surface area contributed by atoms with E-state index >= 15 is 0 Å². The number of aromatic amines is 1. The van der Waals surface area contributed by atoms with Gasteiger partial charge in [0.05, 0.1) is 21.5 Å². The summed E-state index contributed by atoms with van der Waals surface area (Å²) in [5, 5.41) is 14.1. The lowest BCUT2D eigenvalue weighted by molar-refractivity contribution is -0.384. The van der Waals surface area contributed by atoms with Gasteiger partial charge in [-0.05, 0) is 49.2 Å². The molecule has 1 aliphatic rings. The summed E-state index contributed by atoms with van der Waals surface area (Å²) >= 11 is 0. The van der Waals surface area contributed by atoms with E-state index in [9.17, 15) is 14.9 Å². The maximum Gasteiger partial charge on any atom is 0.270 e. The van der Waals surface area contributed by atoms with Crippen molar-refractivity contribution in [3.63, 3.8) is 0 Å². The van der Waals surface area contributed by atoms with E-state index in [0.717, 1.165) is 36.3 Å². The number of H-pyrrole nitrogens is 1. The van der Waals surface area contributed by atoms with Gasteiger partial charge in [0.2, 0.25) is 0 Å². The number of non-ortho nitro benzene ring substituents is 1. The van der Waals surface area contributed by atoms with Crippen LogP contribution in [0.4, 0.5) is 11.4 Å². The van der Waals surface area contributed by atoms with Crippen molar-refractivity contribution in [1.29, 1.82) is 0 Å². The number of fused-ring (bicyclic) bond motifs is 1. The van der Waals surface area contributed by atoms with Gasteiger partial charge in [-0.25, -0.2) is 4.98 Å². The Labute approximate surface area is 188 Å². The summed E-state index contributed by atoms with van der Waals surface area (Å²) in [4.78, 5) is 31.6. The van der Waals surface area contributed by atoms with E-state index in [-0.39, 0.29) is 23.1 Å². The summed E-state index contributed by atoms with van der Waals surface area (Å²) in [6.45, 7) is 0.722. The maximum atomic E-state index is 13.1. The molecule has 0 aliphatic carbocycles. The highest BCUT2D eigenvalue weighted by atomic mass is 16.6. The lowest BCUT2D eigenvalue weighted by Crippen LogP contribution is -2.13. The van der Waals surface area contributed by atoms with Gasteiger partial charge in [0.15, 0.2) is 0 Å². The van der Waals surface area contributed by atoms with E-state index in [1.807, 2.05) is 6.07 Å². The van der Waals surface area contributed by atoms with Crippen molar-refractivity contribution in [2.24, 2.45) is 0 Å². The molecule has 5 rings (SSSR count). The van der Waals surface area contributed by atoms with Crippen LogP contribution in [-0.2, 0) is 4.74 Å². The molecular weight excluding hydrogens is 424 g/mol. The van der Waals surface area contributed by atoms with Crippen molar-refractivity contribution in [1.82, 2.24) is 9.97 Å². The Bertz CT molecular complexity index is 1330. The fraction of sp³-hybridized carbons (Fsp3) is 0.167. The molecule has 1 fully saturated rings. The number of rotatable bonds is 6. The average molecular weight is 444 g/mol. The number of carbonyl (C=O) groups is 1. The van der Waals surface area contributed by atoms with E-state index in [4.69, 9.17) is 9.47 Å². The van der Waals surface area contributed by atoms with Crippen LogP contribution < -0.4 is 10.1 Å².